The zero-order valence-electron chi connectivity index (χ0n) is 22.2. The first-order chi connectivity index (χ1) is 19.1. The van der Waals surface area contributed by atoms with Gasteiger partial charge in [-0.3, -0.25) is 19.7 Å². The summed E-state index contributed by atoms with van der Waals surface area (Å²) in [5.74, 6) is -3.58. The molecule has 0 bridgehead atoms. The number of benzene rings is 2. The molecule has 2 N–H and O–H groups in total. The summed E-state index contributed by atoms with van der Waals surface area (Å²) in [4.78, 5) is 39.1. The van der Waals surface area contributed by atoms with E-state index >= 15 is 0 Å². The van der Waals surface area contributed by atoms with Crippen molar-refractivity contribution in [1.82, 2.24) is 0 Å². The molecule has 0 saturated carbocycles. The van der Waals surface area contributed by atoms with Gasteiger partial charge in [0.1, 0.15) is 0 Å². The maximum Gasteiger partial charge on any atom is 0.455 e. The lowest BCUT2D eigenvalue weighted by atomic mass is 9.58. The van der Waals surface area contributed by atoms with Crippen LogP contribution in [-0.4, -0.2) is 40.1 Å². The van der Waals surface area contributed by atoms with Crippen LogP contribution in [0.1, 0.15) is 45.1 Å². The van der Waals surface area contributed by atoms with Crippen LogP contribution in [0.2, 0.25) is 6.32 Å². The largest absolute Gasteiger partial charge is 0.505 e. The van der Waals surface area contributed by atoms with Crippen molar-refractivity contribution in [2.75, 3.05) is 4.90 Å². The number of hydrogen-bond donors (Lipinski definition) is 2. The van der Waals surface area contributed by atoms with Crippen LogP contribution in [0, 0.1) is 33.7 Å². The average Bonchev–Trinajstić information content (AvgIpc) is 3.18. The van der Waals surface area contributed by atoms with Crippen molar-refractivity contribution in [2.45, 2.75) is 52.0 Å². The molecule has 2 aromatic carbocycles. The van der Waals surface area contributed by atoms with Gasteiger partial charge in [-0.2, -0.15) is 0 Å². The van der Waals surface area contributed by atoms with Gasteiger partial charge in [-0.1, -0.05) is 36.3 Å². The molecule has 208 valence electrons. The zero-order valence-corrected chi connectivity index (χ0v) is 22.2. The molecule has 2 saturated heterocycles. The van der Waals surface area contributed by atoms with E-state index in [0.29, 0.717) is 31.2 Å². The van der Waals surface area contributed by atoms with E-state index < -0.39 is 53.4 Å². The molecule has 1 aliphatic carbocycles. The Labute approximate surface area is 231 Å². The smallest absolute Gasteiger partial charge is 0.455 e. The summed E-state index contributed by atoms with van der Waals surface area (Å²) in [6, 6.07) is 9.69. The van der Waals surface area contributed by atoms with Crippen molar-refractivity contribution in [3.8, 4) is 5.75 Å². The maximum absolute atomic E-state index is 13.8. The number of phenols is 1. The number of imide groups is 1. The SMILES string of the molecule is CCC1=C2[C@@H](CC/C(C)=C/c3ccc(O)c(F)c3)OB(O)C[C@@H]2[C@@H]2C(=O)N(c3cccc([N+](=O)[O-])c3)C(=O)[C@@H]2C1. The summed E-state index contributed by atoms with van der Waals surface area (Å²) in [6.45, 7) is 3.90. The lowest BCUT2D eigenvalue weighted by Crippen LogP contribution is -2.46. The lowest BCUT2D eigenvalue weighted by Gasteiger charge is -2.43. The number of phenolic OH excluding ortho intramolecular Hbond substituents is 1. The van der Waals surface area contributed by atoms with Gasteiger partial charge < -0.3 is 14.8 Å². The number of rotatable bonds is 7. The highest BCUT2D eigenvalue weighted by Gasteiger charge is 2.57. The topological polar surface area (TPSA) is 130 Å². The minimum Gasteiger partial charge on any atom is -0.505 e. The van der Waals surface area contributed by atoms with Gasteiger partial charge >= 0.3 is 7.12 Å². The number of fused-ring (bicyclic) bond motifs is 3. The molecule has 0 radical (unpaired) electrons. The number of carbonyl (C=O) groups excluding carboxylic acids is 2. The fourth-order valence-corrected chi connectivity index (χ4v) is 6.43. The number of amides is 2. The molecule has 2 aliphatic heterocycles. The Morgan fingerprint density at radius 1 is 1.23 bits per heavy atom. The van der Waals surface area contributed by atoms with E-state index in [0.717, 1.165) is 21.6 Å². The van der Waals surface area contributed by atoms with Crippen LogP contribution >= 0.6 is 0 Å². The van der Waals surface area contributed by atoms with Crippen molar-refractivity contribution in [2.24, 2.45) is 17.8 Å². The molecule has 0 aromatic heterocycles. The number of halogens is 1. The van der Waals surface area contributed by atoms with Gasteiger partial charge in [0.2, 0.25) is 11.8 Å². The van der Waals surface area contributed by atoms with Crippen molar-refractivity contribution in [3.63, 3.8) is 0 Å². The van der Waals surface area contributed by atoms with Gasteiger partial charge in [0.05, 0.1) is 28.6 Å². The third-order valence-corrected chi connectivity index (χ3v) is 8.22. The van der Waals surface area contributed by atoms with E-state index in [1.807, 2.05) is 19.9 Å². The Hall–Kier alpha value is -3.83. The minimum atomic E-state index is -1.11. The van der Waals surface area contributed by atoms with Crippen molar-refractivity contribution >= 4 is 36.4 Å². The van der Waals surface area contributed by atoms with E-state index in [1.54, 1.807) is 6.07 Å². The van der Waals surface area contributed by atoms with Crippen LogP contribution in [0.4, 0.5) is 15.8 Å². The average molecular weight is 548 g/mol. The summed E-state index contributed by atoms with van der Waals surface area (Å²) in [5.41, 5.74) is 3.52. The molecule has 9 nitrogen and oxygen atoms in total. The summed E-state index contributed by atoms with van der Waals surface area (Å²) < 4.78 is 19.7. The third-order valence-electron chi connectivity index (χ3n) is 8.22. The van der Waals surface area contributed by atoms with Crippen LogP contribution < -0.4 is 4.90 Å². The Kier molecular flexibility index (Phi) is 7.61. The molecular formula is C29H30BFN2O7. The highest BCUT2D eigenvalue weighted by Crippen LogP contribution is 2.52. The summed E-state index contributed by atoms with van der Waals surface area (Å²) >= 11 is 0. The van der Waals surface area contributed by atoms with Gasteiger partial charge in [0.25, 0.3) is 5.69 Å². The Morgan fingerprint density at radius 3 is 2.70 bits per heavy atom. The zero-order chi connectivity index (χ0) is 28.7. The minimum absolute atomic E-state index is 0.175. The summed E-state index contributed by atoms with van der Waals surface area (Å²) in [6.07, 6.45) is 3.68. The first kappa shape index (κ1) is 27.7. The third kappa shape index (κ3) is 5.06. The number of nitrogens with zero attached hydrogens (tertiary/aromatic N) is 2. The van der Waals surface area contributed by atoms with Gasteiger partial charge in [-0.05, 0) is 74.2 Å². The summed E-state index contributed by atoms with van der Waals surface area (Å²) in [5, 5.41) is 31.4. The highest BCUT2D eigenvalue weighted by atomic mass is 19.1. The highest BCUT2D eigenvalue weighted by molar-refractivity contribution is 6.43. The van der Waals surface area contributed by atoms with Crippen molar-refractivity contribution in [3.05, 3.63) is 80.7 Å². The first-order valence-corrected chi connectivity index (χ1v) is 13.4. The Balaban J connectivity index is 1.41. The van der Waals surface area contributed by atoms with Crippen LogP contribution in [0.5, 0.6) is 5.75 Å². The Bertz CT molecular complexity index is 1440. The van der Waals surface area contributed by atoms with E-state index in [-0.39, 0.29) is 23.6 Å². The van der Waals surface area contributed by atoms with Crippen LogP contribution in [-0.2, 0) is 14.2 Å². The molecule has 3 aliphatic rings. The Morgan fingerprint density at radius 2 is 2.00 bits per heavy atom. The second-order valence-electron chi connectivity index (χ2n) is 10.7. The van der Waals surface area contributed by atoms with Crippen LogP contribution in [0.15, 0.2) is 59.2 Å². The normalized spacial score (nSPS) is 24.9. The lowest BCUT2D eigenvalue weighted by molar-refractivity contribution is -0.384. The van der Waals surface area contributed by atoms with Crippen LogP contribution in [0.3, 0.4) is 0 Å². The number of anilines is 1. The molecule has 11 heteroatoms. The predicted octanol–water partition coefficient (Wildman–Crippen LogP) is 5.03. The number of allylic oxidation sites excluding steroid dienone is 2. The van der Waals surface area contributed by atoms with Crippen molar-refractivity contribution < 1.29 is 33.7 Å². The maximum atomic E-state index is 13.8. The molecule has 2 fully saturated rings. The van der Waals surface area contributed by atoms with Gasteiger partial charge in [0, 0.05) is 12.1 Å². The molecular weight excluding hydrogens is 518 g/mol. The standard InChI is InChI=1S/C29H30BFN2O7/c1-3-18-13-21-27(29(36)32(28(21)35)19-5-4-6-20(14-19)33(38)39)22-15-30(37)40-25(26(18)22)10-7-16(2)11-17-8-9-24(34)23(31)12-17/h4-6,8-9,11-12,14,21-22,25,27,34,37H,3,7,10,13,15H2,1-2H3/b16-11+/t21-,22+,25-,27-/m1/s1. The van der Waals surface area contributed by atoms with E-state index in [2.05, 4.69) is 0 Å². The van der Waals surface area contributed by atoms with Gasteiger partial charge in [-0.25, -0.2) is 9.29 Å². The number of hydrogen-bond acceptors (Lipinski definition) is 7. The van der Waals surface area contributed by atoms with Crippen LogP contribution in [0.25, 0.3) is 6.08 Å². The molecule has 5 rings (SSSR count). The molecule has 0 unspecified atom stereocenters. The number of carbonyl (C=O) groups is 2. The van der Waals surface area contributed by atoms with E-state index in [1.165, 1.54) is 36.4 Å². The quantitative estimate of drug-likeness (QED) is 0.163. The van der Waals surface area contributed by atoms with Gasteiger partial charge in [0.15, 0.2) is 11.6 Å². The summed E-state index contributed by atoms with van der Waals surface area (Å²) in [7, 11) is -1.11. The fourth-order valence-electron chi connectivity index (χ4n) is 6.43. The second kappa shape index (κ2) is 11.0. The molecule has 40 heavy (non-hydrogen) atoms. The van der Waals surface area contributed by atoms with E-state index in [9.17, 15) is 34.2 Å². The first-order valence-electron chi connectivity index (χ1n) is 13.4. The molecule has 4 atom stereocenters. The van der Waals surface area contributed by atoms with Crippen molar-refractivity contribution in [1.29, 1.82) is 0 Å². The number of nitro groups is 1. The fraction of sp³-hybridized carbons (Fsp3) is 0.379. The van der Waals surface area contributed by atoms with E-state index in [4.69, 9.17) is 4.65 Å². The molecule has 2 heterocycles. The number of aromatic hydroxyl groups is 1. The number of non-ortho nitro benzene ring substituents is 1. The predicted molar refractivity (Wildman–Crippen MR) is 147 cm³/mol. The second-order valence-corrected chi connectivity index (χ2v) is 10.7. The number of nitro benzene ring substituents is 1. The molecule has 0 spiro atoms. The molecule has 2 aromatic rings. The monoisotopic (exact) mass is 548 g/mol. The van der Waals surface area contributed by atoms with Gasteiger partial charge in [-0.15, -0.1) is 0 Å². The molecule has 2 amide bonds.